The molecular weight excluding hydrogens is 368 g/mol. The maximum atomic E-state index is 12.4. The predicted molar refractivity (Wildman–Crippen MR) is 101 cm³/mol. The van der Waals surface area contributed by atoms with Gasteiger partial charge in [-0.15, -0.1) is 16.9 Å². The molecule has 1 heterocycles. The van der Waals surface area contributed by atoms with E-state index in [4.69, 9.17) is 4.42 Å². The molecule has 0 radical (unpaired) electrons. The summed E-state index contributed by atoms with van der Waals surface area (Å²) in [4.78, 5) is 24.0. The van der Waals surface area contributed by atoms with E-state index >= 15 is 0 Å². The van der Waals surface area contributed by atoms with Gasteiger partial charge in [0.05, 0.1) is 11.3 Å². The Balaban J connectivity index is 1.71. The second-order valence-electron chi connectivity index (χ2n) is 5.69. The highest BCUT2D eigenvalue weighted by molar-refractivity contribution is 7.98. The Morgan fingerprint density at radius 1 is 1.22 bits per heavy atom. The number of nitrogens with one attached hydrogen (secondary N) is 1. The molecule has 1 N–H and O–H groups in total. The minimum absolute atomic E-state index is 0.0540. The van der Waals surface area contributed by atoms with E-state index in [0.717, 1.165) is 10.5 Å². The lowest BCUT2D eigenvalue weighted by Crippen LogP contribution is -2.14. The Morgan fingerprint density at radius 3 is 2.63 bits per heavy atom. The van der Waals surface area contributed by atoms with Crippen LogP contribution in [-0.4, -0.2) is 27.3 Å². The van der Waals surface area contributed by atoms with Gasteiger partial charge in [-0.25, -0.2) is 0 Å². The summed E-state index contributed by atoms with van der Waals surface area (Å²) in [6.07, 6.45) is 2.44. The molecule has 27 heavy (non-hydrogen) atoms. The molecular formula is C18H16N4O4S. The number of nitrogens with zero attached hydrogens (tertiary/aromatic N) is 3. The van der Waals surface area contributed by atoms with Gasteiger partial charge < -0.3 is 4.42 Å². The molecule has 0 atom stereocenters. The van der Waals surface area contributed by atoms with Gasteiger partial charge in [0.1, 0.15) is 0 Å². The molecule has 0 saturated carbocycles. The van der Waals surface area contributed by atoms with Crippen molar-refractivity contribution in [3.8, 4) is 0 Å². The minimum Gasteiger partial charge on any atom is -0.407 e. The van der Waals surface area contributed by atoms with Crippen LogP contribution in [0.1, 0.15) is 27.4 Å². The third-order valence-electron chi connectivity index (χ3n) is 3.95. The van der Waals surface area contributed by atoms with Crippen molar-refractivity contribution in [1.82, 2.24) is 10.2 Å². The molecule has 3 aromatic rings. The summed E-state index contributed by atoms with van der Waals surface area (Å²) in [7, 11) is 0. The fourth-order valence-corrected chi connectivity index (χ4v) is 2.93. The van der Waals surface area contributed by atoms with Crippen molar-refractivity contribution >= 4 is 29.4 Å². The summed E-state index contributed by atoms with van der Waals surface area (Å²) >= 11 is 1.66. The quantitative estimate of drug-likeness (QED) is 0.390. The lowest BCUT2D eigenvalue weighted by atomic mass is 10.1. The smallest absolute Gasteiger partial charge is 0.322 e. The zero-order valence-corrected chi connectivity index (χ0v) is 15.4. The Morgan fingerprint density at radius 2 is 1.96 bits per heavy atom. The molecule has 9 heteroatoms. The average molecular weight is 384 g/mol. The molecule has 0 unspecified atom stereocenters. The molecule has 1 aromatic heterocycles. The summed E-state index contributed by atoms with van der Waals surface area (Å²) in [5, 5.41) is 21.2. The zero-order chi connectivity index (χ0) is 19.4. The van der Waals surface area contributed by atoms with E-state index in [1.165, 1.54) is 25.1 Å². The van der Waals surface area contributed by atoms with Crippen LogP contribution in [0.15, 0.2) is 51.8 Å². The predicted octanol–water partition coefficient (Wildman–Crippen LogP) is 3.85. The highest BCUT2D eigenvalue weighted by Crippen LogP contribution is 2.22. The molecule has 0 aliphatic rings. The van der Waals surface area contributed by atoms with Gasteiger partial charge in [0, 0.05) is 22.1 Å². The largest absolute Gasteiger partial charge is 0.407 e. The van der Waals surface area contributed by atoms with Crippen molar-refractivity contribution in [3.05, 3.63) is 75.2 Å². The van der Waals surface area contributed by atoms with Gasteiger partial charge in [-0.2, -0.15) is 0 Å². The summed E-state index contributed by atoms with van der Waals surface area (Å²) in [5.74, 6) is -0.186. The number of hydrogen-bond donors (Lipinski definition) is 1. The van der Waals surface area contributed by atoms with E-state index in [1.54, 1.807) is 11.8 Å². The normalized spacial score (nSPS) is 10.6. The van der Waals surface area contributed by atoms with Crippen LogP contribution in [0.4, 0.5) is 11.7 Å². The number of nitro benzene ring substituents is 1. The fourth-order valence-electron chi connectivity index (χ4n) is 2.53. The van der Waals surface area contributed by atoms with Crippen LogP contribution >= 0.6 is 11.8 Å². The van der Waals surface area contributed by atoms with Gasteiger partial charge in [-0.1, -0.05) is 23.3 Å². The maximum Gasteiger partial charge on any atom is 0.322 e. The first-order chi connectivity index (χ1) is 13.0. The SMILES string of the molecule is CSc1ccc(Cc2nnc(NC(=O)c3cccc([N+](=O)[O-])c3C)o2)cc1. The molecule has 3 rings (SSSR count). The van der Waals surface area contributed by atoms with E-state index in [-0.39, 0.29) is 22.8 Å². The average Bonchev–Trinajstić information content (AvgIpc) is 3.09. The third kappa shape index (κ3) is 4.32. The van der Waals surface area contributed by atoms with Gasteiger partial charge in [0.15, 0.2) is 0 Å². The maximum absolute atomic E-state index is 12.4. The Labute approximate surface area is 159 Å². The van der Waals surface area contributed by atoms with Crippen LogP contribution in [0.3, 0.4) is 0 Å². The van der Waals surface area contributed by atoms with Crippen LogP contribution in [-0.2, 0) is 6.42 Å². The van der Waals surface area contributed by atoms with E-state index in [2.05, 4.69) is 15.5 Å². The highest BCUT2D eigenvalue weighted by Gasteiger charge is 2.19. The van der Waals surface area contributed by atoms with Crippen LogP contribution < -0.4 is 5.32 Å². The Kier molecular flexibility index (Phi) is 5.51. The third-order valence-corrected chi connectivity index (χ3v) is 4.69. The second-order valence-corrected chi connectivity index (χ2v) is 6.57. The minimum atomic E-state index is -0.546. The van der Waals surface area contributed by atoms with E-state index in [9.17, 15) is 14.9 Å². The molecule has 8 nitrogen and oxygen atoms in total. The van der Waals surface area contributed by atoms with E-state index < -0.39 is 10.8 Å². The van der Waals surface area contributed by atoms with Gasteiger partial charge >= 0.3 is 6.01 Å². The lowest BCUT2D eigenvalue weighted by Gasteiger charge is -2.05. The summed E-state index contributed by atoms with van der Waals surface area (Å²) in [6, 6.07) is 12.2. The van der Waals surface area contributed by atoms with Crippen molar-refractivity contribution < 1.29 is 14.1 Å². The van der Waals surface area contributed by atoms with Crippen LogP contribution in [0.5, 0.6) is 0 Å². The number of nitro groups is 1. The van der Waals surface area contributed by atoms with Gasteiger partial charge in [-0.3, -0.25) is 20.2 Å². The van der Waals surface area contributed by atoms with E-state index in [0.29, 0.717) is 12.3 Å². The topological polar surface area (TPSA) is 111 Å². The molecule has 0 saturated heterocycles. The van der Waals surface area contributed by atoms with Crippen molar-refractivity contribution in [3.63, 3.8) is 0 Å². The fraction of sp³-hybridized carbons (Fsp3) is 0.167. The lowest BCUT2D eigenvalue weighted by molar-refractivity contribution is -0.385. The Hall–Kier alpha value is -3.20. The van der Waals surface area contributed by atoms with Gasteiger partial charge in [-0.05, 0) is 36.9 Å². The molecule has 0 spiro atoms. The van der Waals surface area contributed by atoms with Crippen LogP contribution in [0.2, 0.25) is 0 Å². The number of rotatable bonds is 6. The summed E-state index contributed by atoms with van der Waals surface area (Å²) < 4.78 is 5.46. The first-order valence-electron chi connectivity index (χ1n) is 7.98. The molecule has 2 aromatic carbocycles. The molecule has 0 bridgehead atoms. The summed E-state index contributed by atoms with van der Waals surface area (Å²) in [6.45, 7) is 1.52. The molecule has 1 amide bonds. The van der Waals surface area contributed by atoms with Crippen LogP contribution in [0.25, 0.3) is 0 Å². The standard InChI is InChI=1S/C18H16N4O4S/c1-11-14(4-3-5-15(11)22(24)25)17(23)19-18-21-20-16(26-18)10-12-6-8-13(27-2)9-7-12/h3-9H,10H2,1-2H3,(H,19,21,23). The second kappa shape index (κ2) is 8.00. The summed E-state index contributed by atoms with van der Waals surface area (Å²) in [5.41, 5.74) is 1.33. The van der Waals surface area contributed by atoms with Gasteiger partial charge in [0.25, 0.3) is 11.6 Å². The highest BCUT2D eigenvalue weighted by atomic mass is 32.2. The molecule has 138 valence electrons. The van der Waals surface area contributed by atoms with E-state index in [1.807, 2.05) is 30.5 Å². The molecule has 0 aliphatic carbocycles. The zero-order valence-electron chi connectivity index (χ0n) is 14.6. The number of anilines is 1. The van der Waals surface area contributed by atoms with Crippen LogP contribution in [0, 0.1) is 17.0 Å². The molecule has 0 fully saturated rings. The molecule has 0 aliphatic heterocycles. The number of aromatic nitrogens is 2. The van der Waals surface area contributed by atoms with Crippen molar-refractivity contribution in [2.75, 3.05) is 11.6 Å². The number of amides is 1. The van der Waals surface area contributed by atoms with Gasteiger partial charge in [0.2, 0.25) is 5.89 Å². The van der Waals surface area contributed by atoms with Crippen molar-refractivity contribution in [2.24, 2.45) is 0 Å². The number of carbonyl (C=O) groups is 1. The Bertz CT molecular complexity index is 985. The number of thioether (sulfide) groups is 1. The van der Waals surface area contributed by atoms with Crippen molar-refractivity contribution in [1.29, 1.82) is 0 Å². The number of hydrogen-bond acceptors (Lipinski definition) is 7. The first-order valence-corrected chi connectivity index (χ1v) is 9.21. The first kappa shape index (κ1) is 18.6. The number of carbonyl (C=O) groups excluding carboxylic acids is 1. The number of benzene rings is 2. The monoisotopic (exact) mass is 384 g/mol. The van der Waals surface area contributed by atoms with Crippen molar-refractivity contribution in [2.45, 2.75) is 18.2 Å².